The molecule has 27 heavy (non-hydrogen) atoms. The fraction of sp³-hybridized carbons (Fsp3) is 0.381. The zero-order chi connectivity index (χ0) is 19.6. The van der Waals surface area contributed by atoms with Gasteiger partial charge in [0.15, 0.2) is 0 Å². The minimum atomic E-state index is -0.660. The van der Waals surface area contributed by atoms with Gasteiger partial charge in [0, 0.05) is 10.0 Å². The first kappa shape index (κ1) is 20.2. The lowest BCUT2D eigenvalue weighted by atomic mass is 9.90. The van der Waals surface area contributed by atoms with Crippen LogP contribution in [0.2, 0.25) is 10.0 Å². The monoisotopic (exact) mass is 407 g/mol. The molecule has 1 amide bonds. The molecule has 0 aromatic heterocycles. The molecule has 4 nitrogen and oxygen atoms in total. The van der Waals surface area contributed by atoms with Crippen LogP contribution in [0.5, 0.6) is 0 Å². The van der Waals surface area contributed by atoms with Crippen molar-refractivity contribution in [2.24, 2.45) is 0 Å². The van der Waals surface area contributed by atoms with Crippen LogP contribution in [0, 0.1) is 0 Å². The third-order valence-corrected chi connectivity index (χ3v) is 5.47. The first-order valence-electron chi connectivity index (χ1n) is 9.04. The maximum atomic E-state index is 12.8. The number of carbonyl (C=O) groups is 1. The minimum absolute atomic E-state index is 0.0372. The van der Waals surface area contributed by atoms with Crippen molar-refractivity contribution < 1.29 is 14.6 Å². The molecule has 0 aliphatic carbocycles. The Hall–Kier alpha value is -1.59. The summed E-state index contributed by atoms with van der Waals surface area (Å²) >= 11 is 12.3. The third-order valence-electron chi connectivity index (χ3n) is 4.98. The second-order valence-electron chi connectivity index (χ2n) is 6.80. The highest BCUT2D eigenvalue weighted by Crippen LogP contribution is 2.42. The topological polar surface area (TPSA) is 49.8 Å². The van der Waals surface area contributed by atoms with E-state index in [0.717, 1.165) is 11.1 Å². The summed E-state index contributed by atoms with van der Waals surface area (Å²) in [7, 11) is 0. The van der Waals surface area contributed by atoms with E-state index in [1.165, 1.54) is 0 Å². The molecular weight excluding hydrogens is 385 g/mol. The summed E-state index contributed by atoms with van der Waals surface area (Å²) in [5, 5.41) is 11.5. The van der Waals surface area contributed by atoms with Crippen molar-refractivity contribution in [1.29, 1.82) is 0 Å². The van der Waals surface area contributed by atoms with Gasteiger partial charge < -0.3 is 14.7 Å². The van der Waals surface area contributed by atoms with Crippen LogP contribution < -0.4 is 0 Å². The molecule has 1 aliphatic rings. The van der Waals surface area contributed by atoms with E-state index in [4.69, 9.17) is 27.9 Å². The number of hydrogen-bond acceptors (Lipinski definition) is 3. The number of aliphatic hydroxyl groups excluding tert-OH is 1. The number of amides is 1. The lowest BCUT2D eigenvalue weighted by Crippen LogP contribution is -2.53. The van der Waals surface area contributed by atoms with Gasteiger partial charge in [-0.25, -0.2) is 0 Å². The van der Waals surface area contributed by atoms with Crippen molar-refractivity contribution in [2.75, 3.05) is 6.61 Å². The molecule has 1 N–H and O–H groups in total. The van der Waals surface area contributed by atoms with E-state index < -0.39 is 12.2 Å². The van der Waals surface area contributed by atoms with E-state index in [9.17, 15) is 9.90 Å². The number of hydrogen-bond donors (Lipinski definition) is 1. The largest absolute Gasteiger partial charge is 0.391 e. The summed E-state index contributed by atoms with van der Waals surface area (Å²) in [4.78, 5) is 14.6. The van der Waals surface area contributed by atoms with Gasteiger partial charge in [-0.05, 0) is 48.7 Å². The Bertz CT molecular complexity index is 794. The fourth-order valence-electron chi connectivity index (χ4n) is 3.75. The highest BCUT2D eigenvalue weighted by atomic mass is 35.5. The Balaban J connectivity index is 2.11. The number of benzene rings is 2. The first-order chi connectivity index (χ1) is 12.9. The summed E-state index contributed by atoms with van der Waals surface area (Å²) < 4.78 is 5.97. The van der Waals surface area contributed by atoms with Crippen LogP contribution in [0.4, 0.5) is 0 Å². The quantitative estimate of drug-likeness (QED) is 0.774. The summed E-state index contributed by atoms with van der Waals surface area (Å²) in [6.45, 7) is 3.64. The molecule has 1 saturated heterocycles. The number of halogens is 2. The average Bonchev–Trinajstić information content (AvgIpc) is 2.64. The van der Waals surface area contributed by atoms with Crippen LogP contribution in [0.15, 0.2) is 48.5 Å². The summed E-state index contributed by atoms with van der Waals surface area (Å²) in [5.74, 6) is -0.138. The zero-order valence-electron chi connectivity index (χ0n) is 15.3. The molecule has 0 spiro atoms. The first-order valence-corrected chi connectivity index (χ1v) is 9.79. The summed E-state index contributed by atoms with van der Waals surface area (Å²) in [6.07, 6.45) is -0.419. The van der Waals surface area contributed by atoms with Crippen molar-refractivity contribution in [2.45, 2.75) is 44.6 Å². The summed E-state index contributed by atoms with van der Waals surface area (Å²) in [5.41, 5.74) is 1.79. The molecule has 2 aromatic rings. The molecule has 3 rings (SSSR count). The van der Waals surface area contributed by atoms with Crippen molar-refractivity contribution in [3.05, 3.63) is 69.7 Å². The van der Waals surface area contributed by atoms with E-state index >= 15 is 0 Å². The zero-order valence-corrected chi connectivity index (χ0v) is 16.8. The molecule has 2 aromatic carbocycles. The molecule has 4 atom stereocenters. The molecule has 1 heterocycles. The number of rotatable bonds is 5. The smallest absolute Gasteiger partial charge is 0.249 e. The van der Waals surface area contributed by atoms with Gasteiger partial charge in [0.1, 0.15) is 12.7 Å². The molecule has 1 fully saturated rings. The third kappa shape index (κ3) is 4.30. The van der Waals surface area contributed by atoms with Crippen LogP contribution in [0.25, 0.3) is 0 Å². The Morgan fingerprint density at radius 3 is 2.44 bits per heavy atom. The minimum Gasteiger partial charge on any atom is -0.391 e. The number of ether oxygens (including phenoxy) is 1. The molecule has 0 saturated carbocycles. The van der Waals surface area contributed by atoms with E-state index in [-0.39, 0.29) is 24.6 Å². The Kier molecular flexibility index (Phi) is 6.43. The van der Waals surface area contributed by atoms with E-state index in [1.807, 2.05) is 37.3 Å². The highest BCUT2D eigenvalue weighted by Gasteiger charge is 2.42. The maximum absolute atomic E-state index is 12.8. The van der Waals surface area contributed by atoms with Gasteiger partial charge in [0.2, 0.25) is 5.91 Å². The predicted octanol–water partition coefficient (Wildman–Crippen LogP) is 4.79. The van der Waals surface area contributed by atoms with Crippen molar-refractivity contribution >= 4 is 29.1 Å². The van der Waals surface area contributed by atoms with Gasteiger partial charge in [-0.15, -0.1) is 0 Å². The van der Waals surface area contributed by atoms with Gasteiger partial charge in [0.05, 0.1) is 18.2 Å². The van der Waals surface area contributed by atoms with Gasteiger partial charge in [0.25, 0.3) is 0 Å². The highest BCUT2D eigenvalue weighted by molar-refractivity contribution is 6.30. The van der Waals surface area contributed by atoms with E-state index in [1.54, 1.807) is 30.0 Å². The number of morpholine rings is 1. The lowest BCUT2D eigenvalue weighted by molar-refractivity contribution is -0.167. The fourth-order valence-corrected chi connectivity index (χ4v) is 4.07. The van der Waals surface area contributed by atoms with Gasteiger partial charge in [-0.3, -0.25) is 4.79 Å². The Morgan fingerprint density at radius 2 is 1.85 bits per heavy atom. The molecule has 0 radical (unpaired) electrons. The van der Waals surface area contributed by atoms with Crippen LogP contribution in [-0.2, 0) is 9.53 Å². The van der Waals surface area contributed by atoms with Gasteiger partial charge >= 0.3 is 0 Å². The molecule has 0 unspecified atom stereocenters. The standard InChI is InChI=1S/C21H23Cl2NO3/c1-3-18(13(2)25)24-19(26)12-27-21(15-5-4-6-17(23)11-15)20(24)14-7-9-16(22)10-8-14/h4-11,13,18,20-21,25H,3,12H2,1-2H3/t13-,18-,20+,21+/m0/s1. The van der Waals surface area contributed by atoms with E-state index in [0.29, 0.717) is 16.5 Å². The molecular formula is C21H23Cl2NO3. The predicted molar refractivity (Wildman–Crippen MR) is 107 cm³/mol. The maximum Gasteiger partial charge on any atom is 0.249 e. The Labute approximate surface area is 169 Å². The van der Waals surface area contributed by atoms with Crippen LogP contribution in [-0.4, -0.2) is 34.7 Å². The average molecular weight is 408 g/mol. The van der Waals surface area contributed by atoms with Gasteiger partial charge in [-0.2, -0.15) is 0 Å². The second-order valence-corrected chi connectivity index (χ2v) is 7.67. The number of aliphatic hydroxyl groups is 1. The normalized spacial score (nSPS) is 22.6. The van der Waals surface area contributed by atoms with Crippen molar-refractivity contribution in [3.63, 3.8) is 0 Å². The molecule has 1 aliphatic heterocycles. The van der Waals surface area contributed by atoms with Gasteiger partial charge in [-0.1, -0.05) is 54.4 Å². The molecule has 144 valence electrons. The van der Waals surface area contributed by atoms with E-state index in [2.05, 4.69) is 0 Å². The van der Waals surface area contributed by atoms with Crippen LogP contribution in [0.3, 0.4) is 0 Å². The van der Waals surface area contributed by atoms with Crippen molar-refractivity contribution in [3.8, 4) is 0 Å². The molecule has 6 heteroatoms. The lowest BCUT2D eigenvalue weighted by Gasteiger charge is -2.46. The van der Waals surface area contributed by atoms with Crippen LogP contribution in [0.1, 0.15) is 43.5 Å². The van der Waals surface area contributed by atoms with Crippen molar-refractivity contribution in [1.82, 2.24) is 4.90 Å². The SMILES string of the molecule is CC[C@@H]([C@H](C)O)N1C(=O)CO[C@H](c2cccc(Cl)c2)[C@H]1c1ccc(Cl)cc1. The Morgan fingerprint density at radius 1 is 1.15 bits per heavy atom. The van der Waals surface area contributed by atoms with Crippen LogP contribution >= 0.6 is 23.2 Å². The summed E-state index contributed by atoms with van der Waals surface area (Å²) in [6, 6.07) is 14.2. The second kappa shape index (κ2) is 8.61. The molecule has 0 bridgehead atoms. The number of nitrogens with zero attached hydrogens (tertiary/aromatic N) is 1. The number of carbonyl (C=O) groups excluding carboxylic acids is 1.